The average Bonchev–Trinajstić information content (AvgIpc) is 2.78. The van der Waals surface area contributed by atoms with Crippen molar-refractivity contribution in [1.82, 2.24) is 0 Å². The van der Waals surface area contributed by atoms with E-state index in [-0.39, 0.29) is 5.41 Å². The number of fused-ring (bicyclic) bond motifs is 3. The van der Waals surface area contributed by atoms with Crippen LogP contribution in [0.3, 0.4) is 0 Å². The molecule has 0 amide bonds. The van der Waals surface area contributed by atoms with Crippen molar-refractivity contribution in [3.05, 3.63) is 0 Å². The predicted octanol–water partition coefficient (Wildman–Crippen LogP) is 4.60. The van der Waals surface area contributed by atoms with E-state index in [4.69, 9.17) is 0 Å². The Morgan fingerprint density at radius 1 is 1.04 bits per heavy atom. The maximum atomic E-state index is 12.1. The molecule has 130 valence electrons. The van der Waals surface area contributed by atoms with Gasteiger partial charge in [-0.05, 0) is 92.3 Å². The molecular formula is C21H34O2. The summed E-state index contributed by atoms with van der Waals surface area (Å²) < 4.78 is 0. The van der Waals surface area contributed by atoms with Gasteiger partial charge in [0.2, 0.25) is 0 Å². The molecule has 2 heteroatoms. The van der Waals surface area contributed by atoms with Crippen molar-refractivity contribution in [2.24, 2.45) is 39.9 Å². The highest BCUT2D eigenvalue weighted by atomic mass is 16.3. The molecule has 7 atom stereocenters. The fourth-order valence-electron chi connectivity index (χ4n) is 8.24. The molecule has 0 aliphatic heterocycles. The van der Waals surface area contributed by atoms with Gasteiger partial charge >= 0.3 is 0 Å². The maximum Gasteiger partial charge on any atom is 0.133 e. The van der Waals surface area contributed by atoms with E-state index >= 15 is 0 Å². The third-order valence-corrected chi connectivity index (χ3v) is 9.14. The molecule has 23 heavy (non-hydrogen) atoms. The van der Waals surface area contributed by atoms with Crippen LogP contribution in [-0.4, -0.2) is 17.5 Å². The Kier molecular flexibility index (Phi) is 3.55. The quantitative estimate of drug-likeness (QED) is 0.808. The number of aliphatic hydroxyl groups excluding tert-OH is 1. The summed E-state index contributed by atoms with van der Waals surface area (Å²) in [7, 11) is 0. The Bertz CT molecular complexity index is 514. The molecule has 1 spiro atoms. The van der Waals surface area contributed by atoms with Crippen LogP contribution in [0.15, 0.2) is 0 Å². The molecule has 0 aromatic carbocycles. The van der Waals surface area contributed by atoms with Crippen molar-refractivity contribution in [2.45, 2.75) is 78.6 Å². The Balaban J connectivity index is 1.69. The zero-order valence-corrected chi connectivity index (χ0v) is 15.2. The molecule has 4 aliphatic rings. The van der Waals surface area contributed by atoms with Gasteiger partial charge in [-0.2, -0.15) is 0 Å². The fourth-order valence-corrected chi connectivity index (χ4v) is 8.24. The highest BCUT2D eigenvalue weighted by Gasteiger charge is 2.64. The van der Waals surface area contributed by atoms with Crippen LogP contribution in [0.2, 0.25) is 0 Å². The van der Waals surface area contributed by atoms with Crippen molar-refractivity contribution in [2.75, 3.05) is 6.61 Å². The van der Waals surface area contributed by atoms with Crippen molar-refractivity contribution >= 4 is 5.78 Å². The number of hydrogen-bond acceptors (Lipinski definition) is 2. The smallest absolute Gasteiger partial charge is 0.133 e. The predicted molar refractivity (Wildman–Crippen MR) is 91.9 cm³/mol. The highest BCUT2D eigenvalue weighted by Crippen LogP contribution is 2.72. The molecule has 4 rings (SSSR count). The molecule has 0 saturated heterocycles. The van der Waals surface area contributed by atoms with Crippen molar-refractivity contribution in [3.8, 4) is 0 Å². The Morgan fingerprint density at radius 2 is 1.83 bits per heavy atom. The molecule has 0 aromatic heterocycles. The van der Waals surface area contributed by atoms with Crippen LogP contribution in [0.5, 0.6) is 0 Å². The van der Waals surface area contributed by atoms with E-state index in [2.05, 4.69) is 13.8 Å². The number of carbonyl (C=O) groups is 1. The van der Waals surface area contributed by atoms with Gasteiger partial charge in [0.25, 0.3) is 0 Å². The second-order valence-electron chi connectivity index (χ2n) is 10.1. The third kappa shape index (κ3) is 2.06. The van der Waals surface area contributed by atoms with Crippen LogP contribution in [0, 0.1) is 39.9 Å². The van der Waals surface area contributed by atoms with Gasteiger partial charge in [-0.3, -0.25) is 4.79 Å². The molecule has 1 N–H and O–H groups in total. The Morgan fingerprint density at radius 3 is 2.52 bits per heavy atom. The van der Waals surface area contributed by atoms with E-state index in [9.17, 15) is 9.90 Å². The van der Waals surface area contributed by atoms with Gasteiger partial charge < -0.3 is 5.11 Å². The van der Waals surface area contributed by atoms with Crippen LogP contribution in [0.4, 0.5) is 0 Å². The number of ketones is 1. The topological polar surface area (TPSA) is 37.3 Å². The Labute approximate surface area is 141 Å². The minimum Gasteiger partial charge on any atom is -0.396 e. The van der Waals surface area contributed by atoms with Crippen molar-refractivity contribution < 1.29 is 9.90 Å². The van der Waals surface area contributed by atoms with Crippen LogP contribution >= 0.6 is 0 Å². The van der Waals surface area contributed by atoms with Crippen LogP contribution in [0.1, 0.15) is 78.6 Å². The summed E-state index contributed by atoms with van der Waals surface area (Å²) >= 11 is 0. The summed E-state index contributed by atoms with van der Waals surface area (Å²) in [4.78, 5) is 12.1. The minimum absolute atomic E-state index is 0.129. The second-order valence-corrected chi connectivity index (χ2v) is 10.1. The molecule has 4 fully saturated rings. The molecule has 2 bridgehead atoms. The summed E-state index contributed by atoms with van der Waals surface area (Å²) in [6, 6.07) is 0. The van der Waals surface area contributed by atoms with Crippen LogP contribution in [-0.2, 0) is 4.79 Å². The van der Waals surface area contributed by atoms with Crippen LogP contribution < -0.4 is 0 Å². The highest BCUT2D eigenvalue weighted by molar-refractivity contribution is 5.79. The van der Waals surface area contributed by atoms with Crippen LogP contribution in [0.25, 0.3) is 0 Å². The number of aliphatic hydroxyl groups is 1. The van der Waals surface area contributed by atoms with Gasteiger partial charge in [0.05, 0.1) is 0 Å². The summed E-state index contributed by atoms with van der Waals surface area (Å²) in [6.45, 7) is 7.07. The first kappa shape index (κ1) is 16.1. The molecular weight excluding hydrogens is 284 g/mol. The zero-order chi connectivity index (χ0) is 16.5. The molecule has 7 unspecified atom stereocenters. The normalized spacial score (nSPS) is 55.1. The SMILES string of the molecule is CC(=O)C1CC23CCC4C(C)(CO)CCCC4(C)C2CCC1C3. The molecule has 4 saturated carbocycles. The lowest BCUT2D eigenvalue weighted by atomic mass is 9.41. The van der Waals surface area contributed by atoms with E-state index in [0.29, 0.717) is 41.0 Å². The van der Waals surface area contributed by atoms with Gasteiger partial charge in [0.15, 0.2) is 0 Å². The largest absolute Gasteiger partial charge is 0.396 e. The third-order valence-electron chi connectivity index (χ3n) is 9.14. The summed E-state index contributed by atoms with van der Waals surface area (Å²) in [5.41, 5.74) is 0.979. The zero-order valence-electron chi connectivity index (χ0n) is 15.2. The van der Waals surface area contributed by atoms with Crippen molar-refractivity contribution in [3.63, 3.8) is 0 Å². The number of hydrogen-bond donors (Lipinski definition) is 1. The summed E-state index contributed by atoms with van der Waals surface area (Å²) in [5.74, 6) is 2.95. The molecule has 0 heterocycles. The first-order valence-corrected chi connectivity index (χ1v) is 9.96. The minimum atomic E-state index is 0.129. The van der Waals surface area contributed by atoms with E-state index in [0.717, 1.165) is 5.92 Å². The van der Waals surface area contributed by atoms with Crippen molar-refractivity contribution in [1.29, 1.82) is 0 Å². The second kappa shape index (κ2) is 5.07. The lowest BCUT2D eigenvalue weighted by Gasteiger charge is -2.64. The molecule has 2 nitrogen and oxygen atoms in total. The molecule has 0 aromatic rings. The van der Waals surface area contributed by atoms with E-state index < -0.39 is 0 Å². The first-order valence-electron chi connectivity index (χ1n) is 9.96. The fraction of sp³-hybridized carbons (Fsp3) is 0.952. The molecule has 0 radical (unpaired) electrons. The molecule has 4 aliphatic carbocycles. The summed E-state index contributed by atoms with van der Waals surface area (Å²) in [6.07, 6.45) is 11.5. The number of rotatable bonds is 2. The number of carbonyl (C=O) groups excluding carboxylic acids is 1. The van der Waals surface area contributed by atoms with E-state index in [1.807, 2.05) is 6.92 Å². The van der Waals surface area contributed by atoms with Gasteiger partial charge in [-0.1, -0.05) is 20.3 Å². The Hall–Kier alpha value is -0.370. The standard InChI is InChI=1S/C21H34O2/c1-14(23)16-12-21-10-7-17-19(2,13-22)8-4-9-20(17,3)18(21)6-5-15(16)11-21/h15-18,22H,4-13H2,1-3H3. The first-order chi connectivity index (χ1) is 10.8. The van der Waals surface area contributed by atoms with Gasteiger partial charge in [0.1, 0.15) is 5.78 Å². The maximum absolute atomic E-state index is 12.1. The monoisotopic (exact) mass is 318 g/mol. The summed E-state index contributed by atoms with van der Waals surface area (Å²) in [5, 5.41) is 10.1. The van der Waals surface area contributed by atoms with E-state index in [1.165, 1.54) is 57.8 Å². The lowest BCUT2D eigenvalue weighted by molar-refractivity contribution is -0.159. The number of Topliss-reactive ketones (excluding diaryl/α,β-unsaturated/α-hetero) is 1. The van der Waals surface area contributed by atoms with E-state index in [1.54, 1.807) is 0 Å². The average molecular weight is 319 g/mol. The van der Waals surface area contributed by atoms with Gasteiger partial charge in [0, 0.05) is 12.5 Å². The lowest BCUT2D eigenvalue weighted by Crippen LogP contribution is -2.57. The van der Waals surface area contributed by atoms with Gasteiger partial charge in [-0.15, -0.1) is 0 Å². The van der Waals surface area contributed by atoms with Gasteiger partial charge in [-0.25, -0.2) is 0 Å².